The molecule has 58 heavy (non-hydrogen) atoms. The van der Waals surface area contributed by atoms with Crippen molar-refractivity contribution in [2.24, 2.45) is 16.7 Å². The molecule has 6 rings (SSSR count). The van der Waals surface area contributed by atoms with Crippen LogP contribution in [0.5, 0.6) is 0 Å². The average molecular weight is 808 g/mol. The number of aliphatic hydroxyl groups excluding tert-OH is 3. The summed E-state index contributed by atoms with van der Waals surface area (Å²) in [6, 6.07) is 14.1. The summed E-state index contributed by atoms with van der Waals surface area (Å²) in [5.74, 6) is -5.29. The maximum absolute atomic E-state index is 15.0. The van der Waals surface area contributed by atoms with Crippen LogP contribution in [0.15, 0.2) is 71.8 Å². The van der Waals surface area contributed by atoms with Gasteiger partial charge in [-0.3, -0.25) is 9.59 Å². The van der Waals surface area contributed by atoms with Crippen LogP contribution < -0.4 is 5.32 Å². The Balaban J connectivity index is 1.52. The standard InChI is InChI=1S/C43H53NO14/c1-22-26(55-37(51)30(44-38(52)58-39(3,4)5)31(47)24-15-11-9-12-16-24)20-43(53)35(56-36(50)25-17-13-10-14-18-25)33-41(8,34(49)32(48)29(22)40(43,6)7)27(46)19-28-42(33,21-54-28)57-23(2)45/h9-18,26-28,30-33,35,46-48,53H,19-21H2,1-8H3,(H,44,52)/t26-,27-,28?,30+,31+,32+,33-,35-,41+,42-,43+/m0/s1. The molecule has 1 heterocycles. The van der Waals surface area contributed by atoms with Gasteiger partial charge in [-0.1, -0.05) is 62.4 Å². The number of carbonyl (C=O) groups is 5. The fourth-order valence-corrected chi connectivity index (χ4v) is 9.53. The van der Waals surface area contributed by atoms with E-state index in [1.54, 1.807) is 83.1 Å². The summed E-state index contributed by atoms with van der Waals surface area (Å²) in [5.41, 5.74) is -8.30. The highest BCUT2D eigenvalue weighted by Crippen LogP contribution is 2.64. The van der Waals surface area contributed by atoms with Crippen LogP contribution in [-0.2, 0) is 38.1 Å². The maximum Gasteiger partial charge on any atom is 0.408 e. The van der Waals surface area contributed by atoms with Gasteiger partial charge < -0.3 is 49.4 Å². The smallest absolute Gasteiger partial charge is 0.408 e. The number of nitrogens with one attached hydrogen (secondary N) is 1. The van der Waals surface area contributed by atoms with E-state index in [2.05, 4.69) is 5.32 Å². The molecule has 2 bridgehead atoms. The van der Waals surface area contributed by atoms with Crippen LogP contribution in [0.1, 0.15) is 90.3 Å². The van der Waals surface area contributed by atoms with Crippen LogP contribution in [0.4, 0.5) is 4.79 Å². The molecule has 1 amide bonds. The van der Waals surface area contributed by atoms with Crippen LogP contribution in [0.3, 0.4) is 0 Å². The molecule has 11 atom stereocenters. The third kappa shape index (κ3) is 7.10. The first-order valence-corrected chi connectivity index (χ1v) is 19.3. The molecule has 314 valence electrons. The number of hydrogen-bond acceptors (Lipinski definition) is 14. The van der Waals surface area contributed by atoms with Crippen molar-refractivity contribution < 1.29 is 68.1 Å². The Morgan fingerprint density at radius 1 is 0.948 bits per heavy atom. The fraction of sp³-hybridized carbons (Fsp3) is 0.558. The van der Waals surface area contributed by atoms with Crippen LogP contribution in [-0.4, -0.2) is 110 Å². The van der Waals surface area contributed by atoms with E-state index in [1.165, 1.54) is 26.0 Å². The van der Waals surface area contributed by atoms with Crippen LogP contribution in [0.25, 0.3) is 0 Å². The minimum Gasteiger partial charge on any atom is -0.456 e. The van der Waals surface area contributed by atoms with E-state index in [-0.39, 0.29) is 35.3 Å². The maximum atomic E-state index is 15.0. The monoisotopic (exact) mass is 807 g/mol. The molecule has 5 N–H and O–H groups in total. The molecule has 2 saturated carbocycles. The summed E-state index contributed by atoms with van der Waals surface area (Å²) in [6.07, 6.45) is -11.2. The van der Waals surface area contributed by atoms with E-state index in [4.69, 9.17) is 23.7 Å². The van der Waals surface area contributed by atoms with Gasteiger partial charge in [-0.25, -0.2) is 14.4 Å². The minimum atomic E-state index is -2.36. The van der Waals surface area contributed by atoms with E-state index in [1.807, 2.05) is 0 Å². The van der Waals surface area contributed by atoms with Crippen molar-refractivity contribution in [2.75, 3.05) is 6.61 Å². The third-order valence-electron chi connectivity index (χ3n) is 12.6. The highest BCUT2D eigenvalue weighted by molar-refractivity contribution is 5.94. The summed E-state index contributed by atoms with van der Waals surface area (Å²) in [6.45, 7) is 11.7. The quantitative estimate of drug-likeness (QED) is 0.147. The number of esters is 3. The van der Waals surface area contributed by atoms with E-state index >= 15 is 0 Å². The van der Waals surface area contributed by atoms with E-state index in [0.29, 0.717) is 0 Å². The zero-order chi connectivity index (χ0) is 42.7. The second-order valence-electron chi connectivity index (χ2n) is 17.6. The molecule has 1 aliphatic heterocycles. The molecule has 15 nitrogen and oxygen atoms in total. The van der Waals surface area contributed by atoms with Crippen LogP contribution in [0.2, 0.25) is 0 Å². The topological polar surface area (TPSA) is 224 Å². The molecule has 2 aromatic carbocycles. The van der Waals surface area contributed by atoms with Crippen LogP contribution >= 0.6 is 0 Å². The van der Waals surface area contributed by atoms with Crippen molar-refractivity contribution >= 4 is 29.8 Å². The number of carbonyl (C=O) groups excluding carboxylic acids is 5. The van der Waals surface area contributed by atoms with E-state index in [9.17, 15) is 44.4 Å². The number of ketones is 1. The number of ether oxygens (including phenoxy) is 5. The van der Waals surface area contributed by atoms with Crippen molar-refractivity contribution in [2.45, 2.75) is 128 Å². The van der Waals surface area contributed by atoms with Gasteiger partial charge in [0.25, 0.3) is 0 Å². The highest BCUT2D eigenvalue weighted by Gasteiger charge is 2.78. The molecule has 4 aliphatic rings. The Kier molecular flexibility index (Phi) is 11.2. The summed E-state index contributed by atoms with van der Waals surface area (Å²) >= 11 is 0. The van der Waals surface area contributed by atoms with Crippen molar-refractivity contribution in [3.8, 4) is 0 Å². The molecular weight excluding hydrogens is 754 g/mol. The van der Waals surface area contributed by atoms with E-state index in [0.717, 1.165) is 6.92 Å². The van der Waals surface area contributed by atoms with Gasteiger partial charge in [-0.2, -0.15) is 0 Å². The molecule has 0 spiro atoms. The zero-order valence-corrected chi connectivity index (χ0v) is 33.9. The Hall–Kier alpha value is -4.67. The lowest BCUT2D eigenvalue weighted by atomic mass is 9.44. The van der Waals surface area contributed by atoms with Gasteiger partial charge in [-0.15, -0.1) is 0 Å². The molecule has 3 aliphatic carbocycles. The molecule has 0 aromatic heterocycles. The molecule has 2 aromatic rings. The number of fused-ring (bicyclic) bond motifs is 5. The number of amides is 1. The van der Waals surface area contributed by atoms with Crippen molar-refractivity contribution in [1.82, 2.24) is 5.32 Å². The van der Waals surface area contributed by atoms with Gasteiger partial charge >= 0.3 is 24.0 Å². The Bertz CT molecular complexity index is 1980. The summed E-state index contributed by atoms with van der Waals surface area (Å²) in [5, 5.41) is 51.4. The Morgan fingerprint density at radius 3 is 2.10 bits per heavy atom. The second kappa shape index (κ2) is 15.2. The first kappa shape index (κ1) is 42.9. The summed E-state index contributed by atoms with van der Waals surface area (Å²) < 4.78 is 29.6. The predicted molar refractivity (Wildman–Crippen MR) is 204 cm³/mol. The SMILES string of the molecule is CC(=O)O[C@@]12COC1C[C@H](O)[C@@]1(C)C(=O)[C@H](O)C3=C(C)[C@@H](OC(=O)[C@H](NC(=O)OC(C)(C)C)[C@H](O)c4ccccc4)C[C@@](O)([C@@H](OC(=O)c4ccccc4)[C@@H]12)C3(C)C. The molecule has 0 radical (unpaired) electrons. The average Bonchev–Trinajstić information content (AvgIpc) is 3.14. The zero-order valence-electron chi connectivity index (χ0n) is 33.9. The van der Waals surface area contributed by atoms with Crippen molar-refractivity contribution in [3.05, 3.63) is 82.9 Å². The first-order valence-electron chi connectivity index (χ1n) is 19.3. The van der Waals surface area contributed by atoms with Gasteiger partial charge in [0, 0.05) is 25.2 Å². The largest absolute Gasteiger partial charge is 0.456 e. The normalized spacial score (nSPS) is 33.7. The lowest BCUT2D eigenvalue weighted by molar-refractivity contribution is -0.346. The van der Waals surface area contributed by atoms with Gasteiger partial charge in [0.2, 0.25) is 0 Å². The minimum absolute atomic E-state index is 0.0644. The highest BCUT2D eigenvalue weighted by atomic mass is 16.6. The van der Waals surface area contributed by atoms with Gasteiger partial charge in [-0.05, 0) is 63.5 Å². The first-order chi connectivity index (χ1) is 27.0. The number of aliphatic hydroxyl groups is 4. The number of benzene rings is 2. The molecule has 15 heteroatoms. The Morgan fingerprint density at radius 2 is 1.55 bits per heavy atom. The van der Waals surface area contributed by atoms with Crippen LogP contribution in [0, 0.1) is 16.7 Å². The molecule has 1 saturated heterocycles. The molecule has 1 unspecified atom stereocenters. The predicted octanol–water partition coefficient (Wildman–Crippen LogP) is 3.26. The molecular formula is C43H53NO14. The van der Waals surface area contributed by atoms with Crippen molar-refractivity contribution in [1.29, 1.82) is 0 Å². The van der Waals surface area contributed by atoms with Gasteiger partial charge in [0.05, 0.1) is 29.6 Å². The van der Waals surface area contributed by atoms with E-state index < -0.39 is 112 Å². The Labute approximate surface area is 336 Å². The van der Waals surface area contributed by atoms with Gasteiger partial charge in [0.15, 0.2) is 17.4 Å². The summed E-state index contributed by atoms with van der Waals surface area (Å²) in [4.78, 5) is 69.4. The molecule has 3 fully saturated rings. The number of alkyl carbamates (subject to hydrolysis) is 1. The number of rotatable bonds is 8. The third-order valence-corrected chi connectivity index (χ3v) is 12.6. The number of hydrogen-bond donors (Lipinski definition) is 5. The lowest BCUT2D eigenvalue weighted by Crippen LogP contribution is -2.81. The van der Waals surface area contributed by atoms with Crippen molar-refractivity contribution in [3.63, 3.8) is 0 Å². The fourth-order valence-electron chi connectivity index (χ4n) is 9.53. The number of Topliss-reactive ketones (excluding diaryl/α,β-unsaturated/α-hetero) is 1. The lowest BCUT2D eigenvalue weighted by Gasteiger charge is -2.67. The van der Waals surface area contributed by atoms with Gasteiger partial charge in [0.1, 0.15) is 41.7 Å². The summed E-state index contributed by atoms with van der Waals surface area (Å²) in [7, 11) is 0. The second-order valence-corrected chi connectivity index (χ2v) is 17.6.